The van der Waals surface area contributed by atoms with E-state index in [-0.39, 0.29) is 0 Å². The van der Waals surface area contributed by atoms with Gasteiger partial charge in [-0.3, -0.25) is 0 Å². The molecule has 56 heavy (non-hydrogen) atoms. The molecule has 12 aromatic rings. The normalized spacial score (nSPS) is 11.9. The summed E-state index contributed by atoms with van der Waals surface area (Å²) < 4.78 is 8.95. The summed E-state index contributed by atoms with van der Waals surface area (Å²) in [6.45, 7) is 0. The van der Waals surface area contributed by atoms with Crippen LogP contribution in [0.4, 0.5) is 0 Å². The lowest BCUT2D eigenvalue weighted by Crippen LogP contribution is -1.95. The van der Waals surface area contributed by atoms with E-state index in [1.54, 1.807) is 11.3 Å². The molecule has 0 bridgehead atoms. The van der Waals surface area contributed by atoms with E-state index in [1.807, 2.05) is 12.1 Å². The number of para-hydroxylation sites is 1. The molecule has 0 aliphatic carbocycles. The van der Waals surface area contributed by atoms with Crippen molar-refractivity contribution in [2.75, 3.05) is 0 Å². The molecular weight excluding hydrogens is 701 g/mol. The molecule has 260 valence electrons. The second kappa shape index (κ2) is 12.2. The molecule has 3 heterocycles. The number of aromatic nitrogens is 2. The van der Waals surface area contributed by atoms with E-state index in [0.29, 0.717) is 5.82 Å². The van der Waals surface area contributed by atoms with Crippen LogP contribution in [0.3, 0.4) is 0 Å². The minimum Gasteiger partial charge on any atom is -0.456 e. The Morgan fingerprint density at radius 1 is 0.393 bits per heavy atom. The van der Waals surface area contributed by atoms with E-state index in [0.717, 1.165) is 65.5 Å². The van der Waals surface area contributed by atoms with E-state index >= 15 is 0 Å². The van der Waals surface area contributed by atoms with Crippen LogP contribution >= 0.6 is 11.3 Å². The van der Waals surface area contributed by atoms with Crippen molar-refractivity contribution in [3.05, 3.63) is 182 Å². The number of benzene rings is 9. The molecule has 12 rings (SSSR count). The third-order valence-corrected chi connectivity index (χ3v) is 12.4. The fourth-order valence-electron chi connectivity index (χ4n) is 8.59. The van der Waals surface area contributed by atoms with Gasteiger partial charge in [-0.25, -0.2) is 9.97 Å². The zero-order chi connectivity index (χ0) is 36.7. The van der Waals surface area contributed by atoms with Gasteiger partial charge in [0.15, 0.2) is 5.82 Å². The second-order valence-corrected chi connectivity index (χ2v) is 15.6. The standard InChI is InChI=1S/C52H30N2OS/c1-2-12-31(13-3-1)32-22-23-34-27-36(25-24-33(34)26-32)49-51-50(42-19-9-11-21-47(42)56-51)54-52(53-49)44-29-37(30-46-48(44)41-18-8-10-20-45(41)55-46)43-28-35-14-4-5-15-38(35)39-16-6-7-17-40(39)43/h1-30H. The smallest absolute Gasteiger partial charge is 0.161 e. The topological polar surface area (TPSA) is 38.9 Å². The number of thiophene rings is 1. The van der Waals surface area contributed by atoms with E-state index < -0.39 is 0 Å². The highest BCUT2D eigenvalue weighted by molar-refractivity contribution is 7.26. The Labute approximate surface area is 325 Å². The molecule has 0 fully saturated rings. The van der Waals surface area contributed by atoms with Crippen LogP contribution in [-0.4, -0.2) is 9.97 Å². The van der Waals surface area contributed by atoms with Gasteiger partial charge < -0.3 is 4.42 Å². The molecule has 0 saturated carbocycles. The highest BCUT2D eigenvalue weighted by Crippen LogP contribution is 2.45. The van der Waals surface area contributed by atoms with Gasteiger partial charge in [-0.2, -0.15) is 0 Å². The lowest BCUT2D eigenvalue weighted by Gasteiger charge is -2.14. The van der Waals surface area contributed by atoms with Crippen molar-refractivity contribution >= 4 is 85.9 Å². The van der Waals surface area contributed by atoms with Crippen LogP contribution in [-0.2, 0) is 0 Å². The predicted octanol–water partition coefficient (Wildman–Crippen LogP) is 14.9. The molecule has 0 saturated heterocycles. The molecule has 3 aromatic heterocycles. The van der Waals surface area contributed by atoms with E-state index in [1.165, 1.54) is 48.1 Å². The predicted molar refractivity (Wildman–Crippen MR) is 236 cm³/mol. The quantitative estimate of drug-likeness (QED) is 0.169. The van der Waals surface area contributed by atoms with E-state index in [9.17, 15) is 0 Å². The maximum atomic E-state index is 6.67. The first kappa shape index (κ1) is 31.2. The molecule has 0 amide bonds. The van der Waals surface area contributed by atoms with Gasteiger partial charge in [0.05, 0.1) is 15.9 Å². The summed E-state index contributed by atoms with van der Waals surface area (Å²) in [5.41, 5.74) is 10.2. The van der Waals surface area contributed by atoms with Gasteiger partial charge in [0.25, 0.3) is 0 Å². The highest BCUT2D eigenvalue weighted by Gasteiger charge is 2.22. The van der Waals surface area contributed by atoms with Gasteiger partial charge >= 0.3 is 0 Å². The lowest BCUT2D eigenvalue weighted by atomic mass is 9.91. The van der Waals surface area contributed by atoms with Crippen LogP contribution in [0.5, 0.6) is 0 Å². The average molecular weight is 731 g/mol. The van der Waals surface area contributed by atoms with Crippen molar-refractivity contribution in [3.8, 4) is 44.9 Å². The molecule has 0 aliphatic rings. The number of fused-ring (bicyclic) bond motifs is 10. The Balaban J connectivity index is 1.14. The first-order chi connectivity index (χ1) is 27.7. The Bertz CT molecular complexity index is 3540. The van der Waals surface area contributed by atoms with Gasteiger partial charge in [-0.05, 0) is 97.0 Å². The van der Waals surface area contributed by atoms with Crippen LogP contribution in [0, 0.1) is 0 Å². The number of furan rings is 1. The molecule has 9 aromatic carbocycles. The summed E-state index contributed by atoms with van der Waals surface area (Å²) in [6, 6.07) is 65.0. The van der Waals surface area contributed by atoms with Gasteiger partial charge in [-0.1, -0.05) is 140 Å². The molecule has 0 spiro atoms. The Hall–Kier alpha value is -7.14. The molecule has 4 heteroatoms. The maximum absolute atomic E-state index is 6.67. The number of hydrogen-bond acceptors (Lipinski definition) is 4. The molecule has 0 radical (unpaired) electrons. The largest absolute Gasteiger partial charge is 0.456 e. The summed E-state index contributed by atoms with van der Waals surface area (Å²) >= 11 is 1.76. The molecule has 0 unspecified atom stereocenters. The Kier molecular flexibility index (Phi) is 6.80. The van der Waals surface area contributed by atoms with Gasteiger partial charge in [0.1, 0.15) is 11.2 Å². The van der Waals surface area contributed by atoms with Gasteiger partial charge in [0, 0.05) is 32.0 Å². The van der Waals surface area contributed by atoms with Crippen LogP contribution in [0.2, 0.25) is 0 Å². The second-order valence-electron chi connectivity index (χ2n) is 14.5. The van der Waals surface area contributed by atoms with Crippen molar-refractivity contribution in [3.63, 3.8) is 0 Å². The van der Waals surface area contributed by atoms with Gasteiger partial charge in [-0.15, -0.1) is 11.3 Å². The van der Waals surface area contributed by atoms with Crippen molar-refractivity contribution in [1.29, 1.82) is 0 Å². The molecule has 0 aliphatic heterocycles. The Morgan fingerprint density at radius 3 is 1.93 bits per heavy atom. The summed E-state index contributed by atoms with van der Waals surface area (Å²) in [5, 5.41) is 10.4. The van der Waals surface area contributed by atoms with Crippen molar-refractivity contribution < 1.29 is 4.42 Å². The summed E-state index contributed by atoms with van der Waals surface area (Å²) in [4.78, 5) is 11.0. The highest BCUT2D eigenvalue weighted by atomic mass is 32.1. The molecule has 3 nitrogen and oxygen atoms in total. The fourth-order valence-corrected chi connectivity index (χ4v) is 9.74. The number of hydrogen-bond donors (Lipinski definition) is 0. The van der Waals surface area contributed by atoms with Crippen molar-refractivity contribution in [2.24, 2.45) is 0 Å². The SMILES string of the molecule is c1ccc(-c2ccc3cc(-c4nc(-c5cc(-c6cc7ccccc7c7ccccc67)cc6oc7ccccc7c56)nc5c4sc4ccccc45)ccc3c2)cc1. The number of nitrogens with zero attached hydrogens (tertiary/aromatic N) is 2. The molecular formula is C52H30N2OS. The van der Waals surface area contributed by atoms with Crippen LogP contribution in [0.25, 0.3) is 119 Å². The summed E-state index contributed by atoms with van der Waals surface area (Å²) in [6.07, 6.45) is 0. The molecule has 0 N–H and O–H groups in total. The van der Waals surface area contributed by atoms with Crippen LogP contribution in [0.1, 0.15) is 0 Å². The van der Waals surface area contributed by atoms with Gasteiger partial charge in [0.2, 0.25) is 0 Å². The first-order valence-electron chi connectivity index (χ1n) is 18.9. The zero-order valence-electron chi connectivity index (χ0n) is 30.0. The maximum Gasteiger partial charge on any atom is 0.161 e. The van der Waals surface area contributed by atoms with Crippen LogP contribution in [0.15, 0.2) is 186 Å². The van der Waals surface area contributed by atoms with E-state index in [2.05, 4.69) is 170 Å². The summed E-state index contributed by atoms with van der Waals surface area (Å²) in [7, 11) is 0. The van der Waals surface area contributed by atoms with Crippen molar-refractivity contribution in [1.82, 2.24) is 9.97 Å². The van der Waals surface area contributed by atoms with Crippen molar-refractivity contribution in [2.45, 2.75) is 0 Å². The van der Waals surface area contributed by atoms with Crippen LogP contribution < -0.4 is 0 Å². The fraction of sp³-hybridized carbons (Fsp3) is 0. The summed E-state index contributed by atoms with van der Waals surface area (Å²) in [5.74, 6) is 0.680. The van der Waals surface area contributed by atoms with E-state index in [4.69, 9.17) is 14.4 Å². The lowest BCUT2D eigenvalue weighted by molar-refractivity contribution is 0.669. The number of rotatable bonds is 4. The minimum atomic E-state index is 0.680. The minimum absolute atomic E-state index is 0.680. The third-order valence-electron chi connectivity index (χ3n) is 11.2. The zero-order valence-corrected chi connectivity index (χ0v) is 30.8. The first-order valence-corrected chi connectivity index (χ1v) is 19.7. The molecule has 0 atom stereocenters. The Morgan fingerprint density at radius 2 is 1.07 bits per heavy atom. The average Bonchev–Trinajstić information content (AvgIpc) is 3.84. The third kappa shape index (κ3) is 4.83. The monoisotopic (exact) mass is 730 g/mol.